The Morgan fingerprint density at radius 2 is 2.47 bits per heavy atom. The van der Waals surface area contributed by atoms with E-state index < -0.39 is 6.10 Å². The summed E-state index contributed by atoms with van der Waals surface area (Å²) in [5, 5.41) is 13.6. The predicted octanol–water partition coefficient (Wildman–Crippen LogP) is 0.583. The number of hydrogen-bond donors (Lipinski definition) is 2. The number of aliphatic hydroxyl groups excluding tert-OH is 1. The van der Waals surface area contributed by atoms with Crippen LogP contribution in [0.15, 0.2) is 4.52 Å². The quantitative estimate of drug-likeness (QED) is 0.808. The second kappa shape index (κ2) is 5.20. The standard InChI is InChI=1S/C8H13N3O2S2/c9-3-5(12)8-10-7(11-13-8)6-4-14-1-2-15-6/h5-6,12H,1-4,9H2/t5-,6?/m0/s1. The van der Waals surface area contributed by atoms with E-state index in [4.69, 9.17) is 10.3 Å². The molecule has 2 heterocycles. The van der Waals surface area contributed by atoms with Crippen LogP contribution in [0.1, 0.15) is 23.1 Å². The van der Waals surface area contributed by atoms with Crippen molar-refractivity contribution >= 4 is 23.5 Å². The molecule has 0 saturated carbocycles. The summed E-state index contributed by atoms with van der Waals surface area (Å²) in [5.74, 6) is 4.19. The second-order valence-electron chi connectivity index (χ2n) is 3.18. The lowest BCUT2D eigenvalue weighted by Gasteiger charge is -2.17. The molecule has 0 amide bonds. The summed E-state index contributed by atoms with van der Waals surface area (Å²) in [6.07, 6.45) is -0.840. The lowest BCUT2D eigenvalue weighted by molar-refractivity contribution is 0.141. The molecular weight excluding hydrogens is 234 g/mol. The highest BCUT2D eigenvalue weighted by atomic mass is 32.2. The van der Waals surface area contributed by atoms with Crippen molar-refractivity contribution in [2.75, 3.05) is 23.8 Å². The molecule has 2 rings (SSSR count). The van der Waals surface area contributed by atoms with E-state index in [9.17, 15) is 5.11 Å². The van der Waals surface area contributed by atoms with Gasteiger partial charge in [-0.15, -0.1) is 11.8 Å². The van der Waals surface area contributed by atoms with Crippen molar-refractivity contribution in [2.45, 2.75) is 11.4 Å². The largest absolute Gasteiger partial charge is 0.382 e. The summed E-state index contributed by atoms with van der Waals surface area (Å²) in [6, 6.07) is 0. The van der Waals surface area contributed by atoms with Crippen molar-refractivity contribution in [3.05, 3.63) is 11.7 Å². The molecule has 1 aliphatic rings. The molecule has 15 heavy (non-hydrogen) atoms. The lowest BCUT2D eigenvalue weighted by Crippen LogP contribution is -2.12. The van der Waals surface area contributed by atoms with Gasteiger partial charge in [0.05, 0.1) is 5.25 Å². The van der Waals surface area contributed by atoms with Crippen molar-refractivity contribution in [1.82, 2.24) is 10.1 Å². The number of hydrogen-bond acceptors (Lipinski definition) is 7. The highest BCUT2D eigenvalue weighted by molar-refractivity contribution is 8.06. The van der Waals surface area contributed by atoms with Crippen LogP contribution in [-0.2, 0) is 0 Å². The molecule has 0 aliphatic carbocycles. The van der Waals surface area contributed by atoms with E-state index in [0.29, 0.717) is 5.82 Å². The van der Waals surface area contributed by atoms with Crippen LogP contribution in [0.4, 0.5) is 0 Å². The van der Waals surface area contributed by atoms with Gasteiger partial charge in [-0.05, 0) is 0 Å². The van der Waals surface area contributed by atoms with E-state index in [-0.39, 0.29) is 17.7 Å². The molecule has 0 radical (unpaired) electrons. The Balaban J connectivity index is 2.05. The van der Waals surface area contributed by atoms with Gasteiger partial charge in [-0.2, -0.15) is 16.7 Å². The zero-order valence-corrected chi connectivity index (χ0v) is 9.76. The van der Waals surface area contributed by atoms with Crippen molar-refractivity contribution in [3.8, 4) is 0 Å². The van der Waals surface area contributed by atoms with Crippen molar-refractivity contribution in [3.63, 3.8) is 0 Å². The summed E-state index contributed by atoms with van der Waals surface area (Å²) >= 11 is 3.72. The number of nitrogens with two attached hydrogens (primary N) is 1. The molecule has 2 atom stereocenters. The van der Waals surface area contributed by atoms with Gasteiger partial charge in [-0.1, -0.05) is 5.16 Å². The maximum atomic E-state index is 9.41. The van der Waals surface area contributed by atoms with Crippen LogP contribution in [0.2, 0.25) is 0 Å². The van der Waals surface area contributed by atoms with Gasteiger partial charge < -0.3 is 15.4 Å². The molecule has 7 heteroatoms. The molecule has 1 aliphatic heterocycles. The number of aliphatic hydroxyl groups is 1. The molecule has 5 nitrogen and oxygen atoms in total. The van der Waals surface area contributed by atoms with E-state index in [1.54, 1.807) is 0 Å². The van der Waals surface area contributed by atoms with E-state index in [2.05, 4.69) is 10.1 Å². The topological polar surface area (TPSA) is 85.2 Å². The minimum Gasteiger partial charge on any atom is -0.382 e. The first-order valence-corrected chi connectivity index (χ1v) is 6.92. The minimum absolute atomic E-state index is 0.105. The van der Waals surface area contributed by atoms with Crippen LogP contribution in [0.25, 0.3) is 0 Å². The number of thioether (sulfide) groups is 2. The molecule has 0 bridgehead atoms. The number of nitrogens with zero attached hydrogens (tertiary/aromatic N) is 2. The van der Waals surface area contributed by atoms with Gasteiger partial charge in [-0.25, -0.2) is 0 Å². The Hall–Kier alpha value is -0.240. The monoisotopic (exact) mass is 247 g/mol. The molecule has 1 unspecified atom stereocenters. The summed E-state index contributed by atoms with van der Waals surface area (Å²) < 4.78 is 4.96. The Bertz CT molecular complexity index is 315. The van der Waals surface area contributed by atoms with Crippen LogP contribution in [0.3, 0.4) is 0 Å². The average Bonchev–Trinajstić information content (AvgIpc) is 2.78. The predicted molar refractivity (Wildman–Crippen MR) is 60.8 cm³/mol. The molecule has 1 aromatic rings. The average molecular weight is 247 g/mol. The van der Waals surface area contributed by atoms with Gasteiger partial charge in [0, 0.05) is 23.8 Å². The SMILES string of the molecule is NC[C@H](O)c1nc(C2CSCCS2)no1. The fourth-order valence-corrected chi connectivity index (χ4v) is 3.84. The fraction of sp³-hybridized carbons (Fsp3) is 0.750. The maximum absolute atomic E-state index is 9.41. The normalized spacial score (nSPS) is 24.0. The van der Waals surface area contributed by atoms with E-state index in [1.165, 1.54) is 5.75 Å². The number of rotatable bonds is 3. The van der Waals surface area contributed by atoms with Gasteiger partial charge in [0.25, 0.3) is 5.89 Å². The summed E-state index contributed by atoms with van der Waals surface area (Å²) in [7, 11) is 0. The van der Waals surface area contributed by atoms with Crippen molar-refractivity contribution in [1.29, 1.82) is 0 Å². The molecule has 0 aromatic carbocycles. The van der Waals surface area contributed by atoms with Gasteiger partial charge in [0.15, 0.2) is 5.82 Å². The molecule has 1 aromatic heterocycles. The summed E-state index contributed by atoms with van der Waals surface area (Å²) in [4.78, 5) is 4.16. The van der Waals surface area contributed by atoms with Gasteiger partial charge >= 0.3 is 0 Å². The van der Waals surface area contributed by atoms with Crippen LogP contribution >= 0.6 is 23.5 Å². The van der Waals surface area contributed by atoms with Crippen LogP contribution in [0, 0.1) is 0 Å². The Morgan fingerprint density at radius 3 is 3.13 bits per heavy atom. The maximum Gasteiger partial charge on any atom is 0.256 e. The van der Waals surface area contributed by atoms with E-state index in [0.717, 1.165) is 11.5 Å². The third-order valence-corrected chi connectivity index (χ3v) is 4.82. The first-order chi connectivity index (χ1) is 7.31. The summed E-state index contributed by atoms with van der Waals surface area (Å²) in [6.45, 7) is 0.105. The minimum atomic E-state index is -0.840. The van der Waals surface area contributed by atoms with Crippen LogP contribution in [-0.4, -0.2) is 39.1 Å². The van der Waals surface area contributed by atoms with Crippen LogP contribution in [0.5, 0.6) is 0 Å². The smallest absolute Gasteiger partial charge is 0.256 e. The number of aromatic nitrogens is 2. The van der Waals surface area contributed by atoms with E-state index >= 15 is 0 Å². The van der Waals surface area contributed by atoms with Crippen molar-refractivity contribution in [2.24, 2.45) is 5.73 Å². The molecule has 3 N–H and O–H groups in total. The molecule has 0 spiro atoms. The molecular formula is C8H13N3O2S2. The first kappa shape index (κ1) is 11.3. The molecule has 1 fully saturated rings. The van der Waals surface area contributed by atoms with Gasteiger partial charge in [-0.3, -0.25) is 0 Å². The van der Waals surface area contributed by atoms with E-state index in [1.807, 2.05) is 23.5 Å². The fourth-order valence-electron chi connectivity index (χ4n) is 1.25. The highest BCUT2D eigenvalue weighted by Gasteiger charge is 2.23. The second-order valence-corrected chi connectivity index (χ2v) is 5.64. The molecule has 1 saturated heterocycles. The lowest BCUT2D eigenvalue weighted by atomic mass is 10.3. The Morgan fingerprint density at radius 1 is 1.60 bits per heavy atom. The Kier molecular flexibility index (Phi) is 3.90. The molecule has 84 valence electrons. The van der Waals surface area contributed by atoms with Gasteiger partial charge in [0.1, 0.15) is 6.10 Å². The van der Waals surface area contributed by atoms with Gasteiger partial charge in [0.2, 0.25) is 0 Å². The third kappa shape index (κ3) is 2.66. The summed E-state index contributed by atoms with van der Waals surface area (Å²) in [5.41, 5.74) is 5.30. The first-order valence-electron chi connectivity index (χ1n) is 4.72. The zero-order chi connectivity index (χ0) is 10.7. The third-order valence-electron chi connectivity index (χ3n) is 2.07. The highest BCUT2D eigenvalue weighted by Crippen LogP contribution is 2.35. The zero-order valence-electron chi connectivity index (χ0n) is 8.13. The van der Waals surface area contributed by atoms with Crippen molar-refractivity contribution < 1.29 is 9.63 Å². The Labute approximate surface area is 96.2 Å². The van der Waals surface area contributed by atoms with Crippen LogP contribution < -0.4 is 5.73 Å².